The molecule has 1 amide bonds. The van der Waals surface area contributed by atoms with E-state index in [1.54, 1.807) is 6.08 Å². The molecule has 1 unspecified atom stereocenters. The van der Waals surface area contributed by atoms with Crippen LogP contribution in [0.4, 0.5) is 0 Å². The van der Waals surface area contributed by atoms with Crippen molar-refractivity contribution in [2.75, 3.05) is 0 Å². The van der Waals surface area contributed by atoms with Crippen molar-refractivity contribution in [1.82, 2.24) is 4.57 Å². The summed E-state index contributed by atoms with van der Waals surface area (Å²) in [6.07, 6.45) is 1.77. The van der Waals surface area contributed by atoms with Crippen molar-refractivity contribution in [3.05, 3.63) is 95.9 Å². The van der Waals surface area contributed by atoms with E-state index in [-0.39, 0.29) is 22.5 Å². The van der Waals surface area contributed by atoms with E-state index in [2.05, 4.69) is 33.8 Å². The van der Waals surface area contributed by atoms with E-state index >= 15 is 0 Å². The lowest BCUT2D eigenvalue weighted by Gasteiger charge is -2.24. The Bertz CT molecular complexity index is 1550. The zero-order valence-corrected chi connectivity index (χ0v) is 21.0. The van der Waals surface area contributed by atoms with Gasteiger partial charge >= 0.3 is 0 Å². The van der Waals surface area contributed by atoms with E-state index in [1.807, 2.05) is 48.5 Å². The highest BCUT2D eigenvalue weighted by Crippen LogP contribution is 2.36. The molecule has 1 aliphatic rings. The molecule has 0 aliphatic carbocycles. The lowest BCUT2D eigenvalue weighted by molar-refractivity contribution is -0.113. The van der Waals surface area contributed by atoms with Gasteiger partial charge in [0.05, 0.1) is 27.7 Å². The maximum Gasteiger partial charge on any atom is 0.274 e. The molecule has 1 aromatic heterocycles. The Hall–Kier alpha value is -3.89. The van der Waals surface area contributed by atoms with Crippen LogP contribution in [0.25, 0.3) is 17.5 Å². The number of hydrogen-bond acceptors (Lipinski definition) is 5. The van der Waals surface area contributed by atoms with Crippen LogP contribution in [0, 0.1) is 11.3 Å². The van der Waals surface area contributed by atoms with Gasteiger partial charge in [-0.2, -0.15) is 5.26 Å². The van der Waals surface area contributed by atoms with Gasteiger partial charge in [-0.25, -0.2) is 0 Å². The molecule has 0 saturated heterocycles. The molecule has 3 aromatic rings. The molecule has 0 radical (unpaired) electrons. The number of nitriles is 1. The second-order valence-electron chi connectivity index (χ2n) is 9.32. The van der Waals surface area contributed by atoms with Gasteiger partial charge < -0.3 is 11.5 Å². The van der Waals surface area contributed by atoms with Gasteiger partial charge in [0.1, 0.15) is 10.5 Å². The monoisotopic (exact) mass is 484 g/mol. The molecule has 7 heteroatoms. The average molecular weight is 485 g/mol. The first-order valence-corrected chi connectivity index (χ1v) is 12.3. The normalized spacial score (nSPS) is 16.1. The number of rotatable bonds is 5. The summed E-state index contributed by atoms with van der Waals surface area (Å²) >= 11 is 1.16. The van der Waals surface area contributed by atoms with Crippen molar-refractivity contribution in [1.29, 1.82) is 5.26 Å². The smallest absolute Gasteiger partial charge is 0.274 e. The van der Waals surface area contributed by atoms with Crippen LogP contribution >= 0.6 is 11.3 Å². The predicted octanol–water partition coefficient (Wildman–Crippen LogP) is 3.07. The number of nitrogens with zero attached hydrogens (tertiary/aromatic N) is 2. The molecule has 2 aromatic carbocycles. The minimum Gasteiger partial charge on any atom is -0.384 e. The Balaban J connectivity index is 1.97. The average Bonchev–Trinajstić information content (AvgIpc) is 3.14. The lowest BCUT2D eigenvalue weighted by atomic mass is 9.83. The van der Waals surface area contributed by atoms with Crippen molar-refractivity contribution in [2.24, 2.45) is 11.5 Å². The number of carbonyl (C=O) groups excluding carboxylic acids is 1. The molecule has 0 spiro atoms. The van der Waals surface area contributed by atoms with Crippen molar-refractivity contribution in [2.45, 2.75) is 45.4 Å². The summed E-state index contributed by atoms with van der Waals surface area (Å²) in [6, 6.07) is 17.8. The van der Waals surface area contributed by atoms with Crippen LogP contribution in [0.2, 0.25) is 0 Å². The Labute approximate surface area is 208 Å². The third-order valence-corrected chi connectivity index (χ3v) is 7.48. The number of carbonyl (C=O) groups is 1. The molecule has 4 rings (SSSR count). The van der Waals surface area contributed by atoms with Crippen LogP contribution in [0.5, 0.6) is 0 Å². The highest BCUT2D eigenvalue weighted by atomic mass is 32.1. The Kier molecular flexibility index (Phi) is 6.51. The third kappa shape index (κ3) is 4.33. The van der Waals surface area contributed by atoms with Gasteiger partial charge in [0.25, 0.3) is 5.56 Å². The first-order chi connectivity index (χ1) is 16.6. The van der Waals surface area contributed by atoms with Gasteiger partial charge in [-0.1, -0.05) is 76.2 Å². The molecule has 178 valence electrons. The minimum atomic E-state index is -0.741. The number of fused-ring (bicyclic) bond motifs is 1. The fourth-order valence-electron chi connectivity index (χ4n) is 4.32. The second kappa shape index (κ2) is 9.40. The SMILES string of the molecule is CC(C)c1ccc(/C=c2/sc3n(c2=O)C(N)=C(C#N)C(c2ccc(C(C)C)cc2)C=3C(N)=O)cc1. The van der Waals surface area contributed by atoms with E-state index in [0.717, 1.165) is 28.0 Å². The molecular weight excluding hydrogens is 456 g/mol. The summed E-state index contributed by atoms with van der Waals surface area (Å²) in [4.78, 5) is 26.1. The fraction of sp³-hybridized carbons (Fsp3) is 0.250. The molecule has 35 heavy (non-hydrogen) atoms. The maximum absolute atomic E-state index is 13.3. The largest absolute Gasteiger partial charge is 0.384 e. The number of allylic oxidation sites excluding steroid dienone is 1. The van der Waals surface area contributed by atoms with Crippen LogP contribution in [-0.2, 0) is 4.79 Å². The molecular formula is C28H28N4O2S. The Morgan fingerprint density at radius 2 is 1.57 bits per heavy atom. The highest BCUT2D eigenvalue weighted by Gasteiger charge is 2.34. The van der Waals surface area contributed by atoms with Gasteiger partial charge in [-0.05, 0) is 40.2 Å². The van der Waals surface area contributed by atoms with E-state index in [1.165, 1.54) is 10.1 Å². The summed E-state index contributed by atoms with van der Waals surface area (Å²) in [5, 5.41) is 9.99. The van der Waals surface area contributed by atoms with Gasteiger partial charge in [0, 0.05) is 0 Å². The third-order valence-electron chi connectivity index (χ3n) is 6.37. The summed E-state index contributed by atoms with van der Waals surface area (Å²) in [5.41, 5.74) is 16.1. The number of aromatic nitrogens is 1. The predicted molar refractivity (Wildman–Crippen MR) is 141 cm³/mol. The highest BCUT2D eigenvalue weighted by molar-refractivity contribution is 7.07. The molecule has 4 N–H and O–H groups in total. The van der Waals surface area contributed by atoms with Crippen LogP contribution in [0.3, 0.4) is 0 Å². The zero-order valence-electron chi connectivity index (χ0n) is 20.2. The lowest BCUT2D eigenvalue weighted by Crippen LogP contribution is -2.41. The first kappa shape index (κ1) is 24.2. The topological polar surface area (TPSA) is 115 Å². The van der Waals surface area contributed by atoms with Gasteiger partial charge in [-0.15, -0.1) is 11.3 Å². The Morgan fingerprint density at radius 1 is 1.03 bits per heavy atom. The maximum atomic E-state index is 13.3. The van der Waals surface area contributed by atoms with Crippen molar-refractivity contribution in [3.63, 3.8) is 0 Å². The first-order valence-electron chi connectivity index (χ1n) is 11.5. The van der Waals surface area contributed by atoms with Gasteiger partial charge in [0.15, 0.2) is 0 Å². The molecule has 2 heterocycles. The van der Waals surface area contributed by atoms with E-state index in [9.17, 15) is 14.9 Å². The fourth-order valence-corrected chi connectivity index (χ4v) is 5.50. The zero-order chi connectivity index (χ0) is 25.4. The number of thiazole rings is 1. The van der Waals surface area contributed by atoms with E-state index in [0.29, 0.717) is 21.0 Å². The van der Waals surface area contributed by atoms with E-state index in [4.69, 9.17) is 11.5 Å². The summed E-state index contributed by atoms with van der Waals surface area (Å²) in [6.45, 7) is 8.42. The number of hydrogen-bond donors (Lipinski definition) is 2. The second-order valence-corrected chi connectivity index (χ2v) is 10.4. The number of primary amides is 1. The quantitative estimate of drug-likeness (QED) is 0.579. The van der Waals surface area contributed by atoms with Crippen molar-refractivity contribution < 1.29 is 4.79 Å². The molecule has 1 atom stereocenters. The van der Waals surface area contributed by atoms with Crippen molar-refractivity contribution in [3.8, 4) is 6.07 Å². The number of nitrogens with two attached hydrogens (primary N) is 2. The molecule has 0 saturated carbocycles. The molecule has 6 nitrogen and oxygen atoms in total. The Morgan fingerprint density at radius 3 is 2.06 bits per heavy atom. The van der Waals surface area contributed by atoms with E-state index < -0.39 is 11.8 Å². The molecule has 0 bridgehead atoms. The summed E-state index contributed by atoms with van der Waals surface area (Å²) < 4.78 is 2.02. The van der Waals surface area contributed by atoms with Crippen LogP contribution in [0.1, 0.15) is 67.7 Å². The molecule has 1 aliphatic heterocycles. The van der Waals surface area contributed by atoms with Gasteiger partial charge in [-0.3, -0.25) is 14.2 Å². The number of amides is 1. The number of benzene rings is 2. The van der Waals surface area contributed by atoms with Gasteiger partial charge in [0.2, 0.25) is 5.91 Å². The van der Waals surface area contributed by atoms with Crippen molar-refractivity contribution >= 4 is 34.7 Å². The van der Waals surface area contributed by atoms with Crippen LogP contribution in [-0.4, -0.2) is 10.5 Å². The molecule has 0 fully saturated rings. The standard InChI is InChI=1S/C28H28N4O2S/c1-15(2)18-7-5-17(6-8-18)13-22-27(34)32-25(30)21(14-29)23(24(26(31)33)28(32)35-22)20-11-9-19(10-12-20)16(3)4/h5-13,15-16,23H,30H2,1-4H3,(H2,31,33)/b22-13+. The minimum absolute atomic E-state index is 0.0292. The summed E-state index contributed by atoms with van der Waals surface area (Å²) in [7, 11) is 0. The van der Waals surface area contributed by atoms with Crippen LogP contribution < -0.4 is 26.2 Å². The summed E-state index contributed by atoms with van der Waals surface area (Å²) in [5.74, 6) is -0.666. The van der Waals surface area contributed by atoms with Crippen LogP contribution in [0.15, 0.2) is 58.9 Å².